The number of carbonyl (C=O) groups is 1. The summed E-state index contributed by atoms with van der Waals surface area (Å²) >= 11 is 0. The van der Waals surface area contributed by atoms with Crippen LogP contribution in [0.4, 0.5) is 4.79 Å². The number of nitrogens with two attached hydrogens (primary N) is 1. The van der Waals surface area contributed by atoms with Crippen molar-refractivity contribution in [1.82, 2.24) is 4.98 Å². The van der Waals surface area contributed by atoms with Crippen LogP contribution in [0.5, 0.6) is 0 Å². The fraction of sp³-hybridized carbons (Fsp3) is 0.357. The Hall–Kier alpha value is -1.97. The number of primary amides is 1. The van der Waals surface area contributed by atoms with E-state index in [1.807, 2.05) is 24.4 Å². The van der Waals surface area contributed by atoms with Gasteiger partial charge in [-0.2, -0.15) is 0 Å². The highest BCUT2D eigenvalue weighted by atomic mass is 16.6. The van der Waals surface area contributed by atoms with E-state index in [1.54, 1.807) is 0 Å². The molecule has 1 aliphatic carbocycles. The minimum Gasteiger partial charge on any atom is -0.446 e. The number of aromatic amines is 1. The van der Waals surface area contributed by atoms with Gasteiger partial charge in [-0.1, -0.05) is 18.2 Å². The van der Waals surface area contributed by atoms with Crippen molar-refractivity contribution >= 4 is 17.0 Å². The summed E-state index contributed by atoms with van der Waals surface area (Å²) in [5.41, 5.74) is 7.43. The van der Waals surface area contributed by atoms with E-state index in [1.165, 1.54) is 10.9 Å². The zero-order valence-electron chi connectivity index (χ0n) is 10.1. The van der Waals surface area contributed by atoms with E-state index >= 15 is 0 Å². The second kappa shape index (κ2) is 4.37. The maximum absolute atomic E-state index is 10.9. The molecular formula is C14H16N2O2. The van der Waals surface area contributed by atoms with Gasteiger partial charge in [-0.15, -0.1) is 0 Å². The minimum atomic E-state index is -0.674. The van der Waals surface area contributed by atoms with Crippen LogP contribution in [0.1, 0.15) is 18.4 Å². The molecule has 0 bridgehead atoms. The van der Waals surface area contributed by atoms with Gasteiger partial charge in [0.25, 0.3) is 0 Å². The molecule has 4 heteroatoms. The van der Waals surface area contributed by atoms with Gasteiger partial charge in [0.2, 0.25) is 0 Å². The molecule has 3 N–H and O–H groups in total. The molecule has 1 fully saturated rings. The van der Waals surface area contributed by atoms with Gasteiger partial charge in [-0.25, -0.2) is 4.79 Å². The number of amides is 1. The number of hydrogen-bond acceptors (Lipinski definition) is 2. The Morgan fingerprint density at radius 1 is 1.44 bits per heavy atom. The molecule has 0 radical (unpaired) electrons. The number of H-pyrrole nitrogens is 1. The molecule has 1 aliphatic rings. The van der Waals surface area contributed by atoms with Crippen LogP contribution in [0.2, 0.25) is 0 Å². The van der Waals surface area contributed by atoms with Crippen LogP contribution in [0.15, 0.2) is 30.5 Å². The van der Waals surface area contributed by atoms with Gasteiger partial charge in [-0.3, -0.25) is 0 Å². The van der Waals surface area contributed by atoms with Crippen molar-refractivity contribution in [1.29, 1.82) is 0 Å². The van der Waals surface area contributed by atoms with Crippen molar-refractivity contribution in [2.45, 2.75) is 25.4 Å². The predicted molar refractivity (Wildman–Crippen MR) is 69.2 cm³/mol. The Labute approximate surface area is 105 Å². The lowest BCUT2D eigenvalue weighted by atomic mass is 10.0. The highest BCUT2D eigenvalue weighted by Crippen LogP contribution is 2.36. The first kappa shape index (κ1) is 11.1. The van der Waals surface area contributed by atoms with Crippen LogP contribution in [0.25, 0.3) is 10.9 Å². The minimum absolute atomic E-state index is 0.0818. The maximum Gasteiger partial charge on any atom is 0.404 e. The zero-order chi connectivity index (χ0) is 12.5. The van der Waals surface area contributed by atoms with Gasteiger partial charge in [0, 0.05) is 23.5 Å². The van der Waals surface area contributed by atoms with E-state index in [2.05, 4.69) is 11.1 Å². The monoisotopic (exact) mass is 244 g/mol. The van der Waals surface area contributed by atoms with Crippen molar-refractivity contribution in [3.05, 3.63) is 36.0 Å². The van der Waals surface area contributed by atoms with Crippen LogP contribution >= 0.6 is 0 Å². The van der Waals surface area contributed by atoms with E-state index in [-0.39, 0.29) is 6.10 Å². The van der Waals surface area contributed by atoms with Gasteiger partial charge in [-0.05, 0) is 30.4 Å². The summed E-state index contributed by atoms with van der Waals surface area (Å²) in [6.45, 7) is 0. The smallest absolute Gasteiger partial charge is 0.404 e. The Morgan fingerprint density at radius 2 is 2.22 bits per heavy atom. The standard InChI is InChI=1S/C14H16N2O2/c15-14(17)18-13(9-5-6-9)7-10-8-16-12-4-2-1-3-11(10)12/h1-4,8-9,13,16H,5-7H2,(H2,15,17). The first-order chi connectivity index (χ1) is 8.74. The maximum atomic E-state index is 10.9. The summed E-state index contributed by atoms with van der Waals surface area (Å²) in [6, 6.07) is 8.14. The average molecular weight is 244 g/mol. The van der Waals surface area contributed by atoms with Crippen LogP contribution in [-0.2, 0) is 11.2 Å². The molecule has 94 valence electrons. The molecule has 3 rings (SSSR count). The first-order valence-electron chi connectivity index (χ1n) is 6.25. The Kier molecular flexibility index (Phi) is 2.70. The van der Waals surface area contributed by atoms with E-state index < -0.39 is 6.09 Å². The van der Waals surface area contributed by atoms with Crippen molar-refractivity contribution < 1.29 is 9.53 Å². The molecule has 1 unspecified atom stereocenters. The number of nitrogens with one attached hydrogen (secondary N) is 1. The molecule has 0 aliphatic heterocycles. The zero-order valence-corrected chi connectivity index (χ0v) is 10.1. The molecular weight excluding hydrogens is 228 g/mol. The van der Waals surface area contributed by atoms with Gasteiger partial charge in [0.1, 0.15) is 6.10 Å². The van der Waals surface area contributed by atoms with Crippen molar-refractivity contribution in [3.63, 3.8) is 0 Å². The van der Waals surface area contributed by atoms with E-state index in [0.29, 0.717) is 5.92 Å². The number of para-hydroxylation sites is 1. The summed E-state index contributed by atoms with van der Waals surface area (Å²) in [4.78, 5) is 14.2. The van der Waals surface area contributed by atoms with Crippen LogP contribution in [-0.4, -0.2) is 17.2 Å². The summed E-state index contributed by atoms with van der Waals surface area (Å²) in [5.74, 6) is 0.478. The number of ether oxygens (including phenoxy) is 1. The lowest BCUT2D eigenvalue weighted by molar-refractivity contribution is 0.0937. The third-order valence-electron chi connectivity index (χ3n) is 3.51. The third kappa shape index (κ3) is 2.18. The molecule has 1 amide bonds. The number of carbonyl (C=O) groups excluding carboxylic acids is 1. The topological polar surface area (TPSA) is 68.1 Å². The molecule has 0 saturated heterocycles. The predicted octanol–water partition coefficient (Wildman–Crippen LogP) is 2.58. The Balaban J connectivity index is 1.83. The van der Waals surface area contributed by atoms with Crippen LogP contribution in [0, 0.1) is 5.92 Å². The molecule has 1 atom stereocenters. The quantitative estimate of drug-likeness (QED) is 0.868. The fourth-order valence-electron chi connectivity index (χ4n) is 2.44. The Morgan fingerprint density at radius 3 is 2.94 bits per heavy atom. The molecule has 1 aromatic carbocycles. The lowest BCUT2D eigenvalue weighted by Crippen LogP contribution is -2.26. The van der Waals surface area contributed by atoms with Crippen LogP contribution in [0.3, 0.4) is 0 Å². The van der Waals surface area contributed by atoms with Crippen molar-refractivity contribution in [2.75, 3.05) is 0 Å². The van der Waals surface area contributed by atoms with E-state index in [9.17, 15) is 4.79 Å². The largest absolute Gasteiger partial charge is 0.446 e. The van der Waals surface area contributed by atoms with Gasteiger partial charge < -0.3 is 15.5 Å². The van der Waals surface area contributed by atoms with E-state index in [0.717, 1.165) is 24.8 Å². The molecule has 1 heterocycles. The number of aromatic nitrogens is 1. The molecule has 4 nitrogen and oxygen atoms in total. The highest BCUT2D eigenvalue weighted by molar-refractivity contribution is 5.83. The molecule has 18 heavy (non-hydrogen) atoms. The summed E-state index contributed by atoms with van der Waals surface area (Å²) in [5, 5.41) is 1.19. The second-order valence-corrected chi connectivity index (χ2v) is 4.88. The van der Waals surface area contributed by atoms with Crippen molar-refractivity contribution in [2.24, 2.45) is 11.7 Å². The number of rotatable bonds is 4. The molecule has 1 saturated carbocycles. The molecule has 0 spiro atoms. The third-order valence-corrected chi connectivity index (χ3v) is 3.51. The molecule has 1 aromatic heterocycles. The average Bonchev–Trinajstić information content (AvgIpc) is 3.12. The fourth-order valence-corrected chi connectivity index (χ4v) is 2.44. The van der Waals surface area contributed by atoms with Gasteiger partial charge >= 0.3 is 6.09 Å². The van der Waals surface area contributed by atoms with Gasteiger partial charge in [0.05, 0.1) is 0 Å². The normalized spacial score (nSPS) is 16.7. The summed E-state index contributed by atoms with van der Waals surface area (Å²) in [6.07, 6.45) is 4.22. The highest BCUT2D eigenvalue weighted by Gasteiger charge is 2.34. The second-order valence-electron chi connectivity index (χ2n) is 4.88. The SMILES string of the molecule is NC(=O)OC(Cc1c[nH]c2ccccc12)C1CC1. The summed E-state index contributed by atoms with van der Waals surface area (Å²) < 4.78 is 5.22. The number of benzene rings is 1. The van der Waals surface area contributed by atoms with E-state index in [4.69, 9.17) is 10.5 Å². The number of fused-ring (bicyclic) bond motifs is 1. The summed E-state index contributed by atoms with van der Waals surface area (Å²) in [7, 11) is 0. The number of hydrogen-bond donors (Lipinski definition) is 2. The molecule has 2 aromatic rings. The van der Waals surface area contributed by atoms with Crippen molar-refractivity contribution in [3.8, 4) is 0 Å². The first-order valence-corrected chi connectivity index (χ1v) is 6.25. The van der Waals surface area contributed by atoms with Gasteiger partial charge in [0.15, 0.2) is 0 Å². The van der Waals surface area contributed by atoms with Crippen LogP contribution < -0.4 is 5.73 Å². The Bertz CT molecular complexity index is 572. The lowest BCUT2D eigenvalue weighted by Gasteiger charge is -2.15.